The molecule has 4 aromatic rings. The number of anilines is 1. The van der Waals surface area contributed by atoms with E-state index in [2.05, 4.69) is 9.97 Å². The Balaban J connectivity index is 1.69. The van der Waals surface area contributed by atoms with E-state index in [1.54, 1.807) is 43.5 Å². The lowest BCUT2D eigenvalue weighted by Gasteiger charge is -2.23. The first kappa shape index (κ1) is 22.5. The average molecular weight is 488 g/mol. The maximum Gasteiger partial charge on any atom is 0.301 e. The molecule has 1 fully saturated rings. The Labute approximate surface area is 205 Å². The van der Waals surface area contributed by atoms with Gasteiger partial charge in [0.25, 0.3) is 5.78 Å². The predicted molar refractivity (Wildman–Crippen MR) is 133 cm³/mol. The van der Waals surface area contributed by atoms with Crippen molar-refractivity contribution in [2.24, 2.45) is 0 Å². The summed E-state index contributed by atoms with van der Waals surface area (Å²) in [5.41, 5.74) is 1.69. The molecule has 9 heteroatoms. The van der Waals surface area contributed by atoms with Gasteiger partial charge < -0.3 is 14.6 Å². The number of amides is 1. The van der Waals surface area contributed by atoms with E-state index in [1.165, 1.54) is 28.6 Å². The number of ketones is 1. The van der Waals surface area contributed by atoms with Gasteiger partial charge in [0.05, 0.1) is 35.5 Å². The average Bonchev–Trinajstić information content (AvgIpc) is 3.42. The quantitative estimate of drug-likeness (QED) is 0.238. The number of Topliss-reactive ketones (excluding diaryl/α,β-unsaturated/α-hetero) is 1. The molecular weight excluding hydrogens is 466 g/mol. The number of thiazole rings is 1. The van der Waals surface area contributed by atoms with Crippen molar-refractivity contribution in [3.63, 3.8) is 0 Å². The van der Waals surface area contributed by atoms with E-state index in [0.717, 1.165) is 4.70 Å². The fraction of sp³-hybridized carbons (Fsp3) is 0.154. The number of benzene rings is 2. The van der Waals surface area contributed by atoms with E-state index in [1.807, 2.05) is 25.1 Å². The number of hydrogen-bond donors (Lipinski definition) is 1. The van der Waals surface area contributed by atoms with Gasteiger partial charge >= 0.3 is 5.91 Å². The number of pyridine rings is 1. The van der Waals surface area contributed by atoms with Gasteiger partial charge in [-0.2, -0.15) is 0 Å². The van der Waals surface area contributed by atoms with Crippen LogP contribution in [0.2, 0.25) is 0 Å². The maximum atomic E-state index is 13.3. The smallest absolute Gasteiger partial charge is 0.301 e. The van der Waals surface area contributed by atoms with Crippen LogP contribution in [0.5, 0.6) is 11.5 Å². The fourth-order valence-electron chi connectivity index (χ4n) is 4.05. The van der Waals surface area contributed by atoms with Crippen LogP contribution in [0, 0.1) is 0 Å². The Kier molecular flexibility index (Phi) is 5.92. The normalized spacial score (nSPS) is 17.2. The minimum absolute atomic E-state index is 0.0133. The molecule has 0 bridgehead atoms. The summed E-state index contributed by atoms with van der Waals surface area (Å²) in [6.07, 6.45) is 3.02. The number of aromatic nitrogens is 2. The first-order valence-corrected chi connectivity index (χ1v) is 11.7. The number of fused-ring (bicyclic) bond motifs is 1. The molecule has 0 aliphatic carbocycles. The summed E-state index contributed by atoms with van der Waals surface area (Å²) in [6.45, 7) is 2.43. The second-order valence-corrected chi connectivity index (χ2v) is 8.75. The summed E-state index contributed by atoms with van der Waals surface area (Å²) in [4.78, 5) is 36.6. The molecule has 1 amide bonds. The van der Waals surface area contributed by atoms with Crippen molar-refractivity contribution >= 4 is 44.1 Å². The van der Waals surface area contributed by atoms with Crippen LogP contribution in [0.4, 0.5) is 5.13 Å². The number of ether oxygens (including phenoxy) is 2. The van der Waals surface area contributed by atoms with Gasteiger partial charge in [0.1, 0.15) is 17.3 Å². The molecule has 1 aliphatic heterocycles. The third kappa shape index (κ3) is 4.00. The third-order valence-electron chi connectivity index (χ3n) is 5.70. The zero-order chi connectivity index (χ0) is 24.5. The first-order valence-electron chi connectivity index (χ1n) is 10.9. The number of rotatable bonds is 6. The third-order valence-corrected chi connectivity index (χ3v) is 6.71. The molecule has 1 N–H and O–H groups in total. The number of hydrogen-bond acceptors (Lipinski definition) is 8. The van der Waals surface area contributed by atoms with E-state index in [9.17, 15) is 14.7 Å². The van der Waals surface area contributed by atoms with Crippen LogP contribution in [-0.4, -0.2) is 40.5 Å². The molecule has 35 heavy (non-hydrogen) atoms. The number of nitrogens with zero attached hydrogens (tertiary/aromatic N) is 3. The lowest BCUT2D eigenvalue weighted by atomic mass is 9.95. The highest BCUT2D eigenvalue weighted by atomic mass is 32.1. The van der Waals surface area contributed by atoms with Gasteiger partial charge in [-0.1, -0.05) is 23.5 Å². The van der Waals surface area contributed by atoms with Crippen molar-refractivity contribution in [1.82, 2.24) is 9.97 Å². The number of aliphatic hydroxyl groups is 1. The van der Waals surface area contributed by atoms with Crippen LogP contribution < -0.4 is 14.4 Å². The molecule has 176 valence electrons. The van der Waals surface area contributed by atoms with Crippen molar-refractivity contribution in [3.05, 3.63) is 83.7 Å². The fourth-order valence-corrected chi connectivity index (χ4v) is 5.07. The summed E-state index contributed by atoms with van der Waals surface area (Å²) in [6, 6.07) is 14.8. The monoisotopic (exact) mass is 487 g/mol. The van der Waals surface area contributed by atoms with E-state index >= 15 is 0 Å². The van der Waals surface area contributed by atoms with E-state index < -0.39 is 17.7 Å². The molecule has 0 saturated carbocycles. The molecule has 1 saturated heterocycles. The minimum Gasteiger partial charge on any atom is -0.507 e. The Morgan fingerprint density at radius 1 is 1.06 bits per heavy atom. The van der Waals surface area contributed by atoms with Crippen LogP contribution in [0.3, 0.4) is 0 Å². The van der Waals surface area contributed by atoms with Crippen LogP contribution in [0.15, 0.2) is 72.6 Å². The molecule has 2 aromatic carbocycles. The topological polar surface area (TPSA) is 102 Å². The molecule has 0 spiro atoms. The number of aliphatic hydroxyl groups excluding tert-OH is 1. The second kappa shape index (κ2) is 9.19. The van der Waals surface area contributed by atoms with Crippen molar-refractivity contribution in [3.8, 4) is 11.5 Å². The molecule has 1 unspecified atom stereocenters. The van der Waals surface area contributed by atoms with E-state index in [0.29, 0.717) is 39.9 Å². The zero-order valence-corrected chi connectivity index (χ0v) is 19.8. The molecule has 8 nitrogen and oxygen atoms in total. The van der Waals surface area contributed by atoms with Gasteiger partial charge in [0, 0.05) is 18.0 Å². The Morgan fingerprint density at radius 2 is 1.77 bits per heavy atom. The lowest BCUT2D eigenvalue weighted by molar-refractivity contribution is -0.132. The number of carbonyl (C=O) groups is 2. The zero-order valence-electron chi connectivity index (χ0n) is 19.0. The SMILES string of the molecule is CCOc1ccc2nc(N3C(=O)C(=O)/C(=C(/O)c4ccncc4)C3c3ccc(OC)cc3)sc2c1. The number of methoxy groups -OCH3 is 1. The van der Waals surface area contributed by atoms with Crippen molar-refractivity contribution in [1.29, 1.82) is 0 Å². The van der Waals surface area contributed by atoms with Gasteiger partial charge in [-0.15, -0.1) is 0 Å². The largest absolute Gasteiger partial charge is 0.507 e. The molecule has 2 aromatic heterocycles. The first-order chi connectivity index (χ1) is 17.0. The van der Waals surface area contributed by atoms with Crippen molar-refractivity contribution in [2.75, 3.05) is 18.6 Å². The highest BCUT2D eigenvalue weighted by Gasteiger charge is 2.48. The van der Waals surface area contributed by atoms with E-state index in [4.69, 9.17) is 9.47 Å². The predicted octanol–water partition coefficient (Wildman–Crippen LogP) is 4.72. The summed E-state index contributed by atoms with van der Waals surface area (Å²) in [5, 5.41) is 11.5. The van der Waals surface area contributed by atoms with Gasteiger partial charge in [0.15, 0.2) is 5.13 Å². The van der Waals surface area contributed by atoms with Gasteiger partial charge in [-0.05, 0) is 55.0 Å². The Bertz CT molecular complexity index is 1450. The standard InChI is InChI=1S/C26H21N3O5S/c1-3-34-18-8-9-19-20(14-18)35-26(28-19)29-22(15-4-6-17(33-2)7-5-15)21(24(31)25(29)32)23(30)16-10-12-27-13-11-16/h4-14,22,30H,3H2,1-2H3/b23-21+. The highest BCUT2D eigenvalue weighted by molar-refractivity contribution is 7.22. The molecule has 1 aliphatic rings. The summed E-state index contributed by atoms with van der Waals surface area (Å²) in [7, 11) is 1.56. The van der Waals surface area contributed by atoms with Gasteiger partial charge in [-0.25, -0.2) is 4.98 Å². The van der Waals surface area contributed by atoms with Crippen LogP contribution >= 0.6 is 11.3 Å². The molecule has 5 rings (SSSR count). The van der Waals surface area contributed by atoms with Crippen LogP contribution in [-0.2, 0) is 9.59 Å². The van der Waals surface area contributed by atoms with Crippen molar-refractivity contribution < 1.29 is 24.2 Å². The van der Waals surface area contributed by atoms with Crippen LogP contribution in [0.1, 0.15) is 24.1 Å². The van der Waals surface area contributed by atoms with Crippen LogP contribution in [0.25, 0.3) is 16.0 Å². The highest BCUT2D eigenvalue weighted by Crippen LogP contribution is 2.44. The summed E-state index contributed by atoms with van der Waals surface area (Å²) in [5.74, 6) is -0.487. The molecule has 1 atom stereocenters. The molecular formula is C26H21N3O5S. The lowest BCUT2D eigenvalue weighted by Crippen LogP contribution is -2.29. The Morgan fingerprint density at radius 3 is 2.46 bits per heavy atom. The van der Waals surface area contributed by atoms with Gasteiger partial charge in [0.2, 0.25) is 0 Å². The number of carbonyl (C=O) groups excluding carboxylic acids is 2. The van der Waals surface area contributed by atoms with Crippen molar-refractivity contribution in [2.45, 2.75) is 13.0 Å². The van der Waals surface area contributed by atoms with Gasteiger partial charge in [-0.3, -0.25) is 19.5 Å². The Hall–Kier alpha value is -4.24. The molecule has 3 heterocycles. The maximum absolute atomic E-state index is 13.3. The minimum atomic E-state index is -0.874. The summed E-state index contributed by atoms with van der Waals surface area (Å²) >= 11 is 1.28. The molecule has 0 radical (unpaired) electrons. The second-order valence-electron chi connectivity index (χ2n) is 7.74. The summed E-state index contributed by atoms with van der Waals surface area (Å²) < 4.78 is 11.7. The van der Waals surface area contributed by atoms with E-state index in [-0.39, 0.29) is 11.3 Å².